The van der Waals surface area contributed by atoms with Gasteiger partial charge in [0.2, 0.25) is 11.8 Å². The van der Waals surface area contributed by atoms with E-state index in [1.165, 1.54) is 12.1 Å². The van der Waals surface area contributed by atoms with E-state index in [2.05, 4.69) is 15.5 Å². The summed E-state index contributed by atoms with van der Waals surface area (Å²) < 4.78 is 5.48. The standard InChI is InChI=1S/C12H14ClN3O2/c1-7(2)14-6-11-15-16-12(18-11)9-5-8(17)3-4-10(9)13/h3-5,7,14,17H,6H2,1-2H3. The van der Waals surface area contributed by atoms with E-state index in [0.717, 1.165) is 0 Å². The van der Waals surface area contributed by atoms with Crippen molar-refractivity contribution in [3.63, 3.8) is 0 Å². The Kier molecular flexibility index (Phi) is 3.84. The van der Waals surface area contributed by atoms with Gasteiger partial charge >= 0.3 is 0 Å². The molecule has 0 amide bonds. The van der Waals surface area contributed by atoms with Gasteiger partial charge in [0.15, 0.2) is 0 Å². The van der Waals surface area contributed by atoms with Gasteiger partial charge in [-0.15, -0.1) is 10.2 Å². The summed E-state index contributed by atoms with van der Waals surface area (Å²) in [6.45, 7) is 4.56. The summed E-state index contributed by atoms with van der Waals surface area (Å²) in [4.78, 5) is 0. The summed E-state index contributed by atoms with van der Waals surface area (Å²) in [6.07, 6.45) is 0. The molecular weight excluding hydrogens is 254 g/mol. The van der Waals surface area contributed by atoms with E-state index in [9.17, 15) is 5.11 Å². The van der Waals surface area contributed by atoms with Crippen molar-refractivity contribution >= 4 is 11.6 Å². The van der Waals surface area contributed by atoms with Gasteiger partial charge in [0.05, 0.1) is 17.1 Å². The van der Waals surface area contributed by atoms with Crippen molar-refractivity contribution in [1.82, 2.24) is 15.5 Å². The molecule has 6 heteroatoms. The van der Waals surface area contributed by atoms with Crippen molar-refractivity contribution in [2.24, 2.45) is 0 Å². The fourth-order valence-corrected chi connectivity index (χ4v) is 1.60. The second-order valence-corrected chi connectivity index (χ2v) is 4.61. The Balaban J connectivity index is 2.21. The van der Waals surface area contributed by atoms with Gasteiger partial charge in [0.1, 0.15) is 5.75 Å². The van der Waals surface area contributed by atoms with Crippen molar-refractivity contribution in [2.45, 2.75) is 26.4 Å². The van der Waals surface area contributed by atoms with Crippen molar-refractivity contribution in [1.29, 1.82) is 0 Å². The number of nitrogens with one attached hydrogen (secondary N) is 1. The summed E-state index contributed by atoms with van der Waals surface area (Å²) in [6, 6.07) is 4.92. The van der Waals surface area contributed by atoms with Crippen LogP contribution in [0.3, 0.4) is 0 Å². The second kappa shape index (κ2) is 5.37. The van der Waals surface area contributed by atoms with Gasteiger partial charge in [-0.3, -0.25) is 0 Å². The Bertz CT molecular complexity index is 540. The van der Waals surface area contributed by atoms with Crippen LogP contribution in [0.15, 0.2) is 22.6 Å². The first-order chi connectivity index (χ1) is 8.56. The van der Waals surface area contributed by atoms with Gasteiger partial charge in [0, 0.05) is 6.04 Å². The van der Waals surface area contributed by atoms with Crippen LogP contribution in [-0.4, -0.2) is 21.3 Å². The molecule has 0 saturated heterocycles. The van der Waals surface area contributed by atoms with E-state index >= 15 is 0 Å². The predicted octanol–water partition coefficient (Wildman–Crippen LogP) is 2.59. The Morgan fingerprint density at radius 1 is 1.39 bits per heavy atom. The third kappa shape index (κ3) is 3.00. The highest BCUT2D eigenvalue weighted by molar-refractivity contribution is 6.33. The van der Waals surface area contributed by atoms with Gasteiger partial charge in [-0.2, -0.15) is 0 Å². The first-order valence-electron chi connectivity index (χ1n) is 5.61. The Morgan fingerprint density at radius 2 is 2.17 bits per heavy atom. The highest BCUT2D eigenvalue weighted by Gasteiger charge is 2.12. The molecule has 0 radical (unpaired) electrons. The fourth-order valence-electron chi connectivity index (χ4n) is 1.40. The molecule has 0 aliphatic heterocycles. The average molecular weight is 268 g/mol. The number of aromatic nitrogens is 2. The molecule has 1 heterocycles. The van der Waals surface area contributed by atoms with Crippen LogP contribution in [0.25, 0.3) is 11.5 Å². The molecule has 96 valence electrons. The van der Waals surface area contributed by atoms with Crippen LogP contribution in [0.5, 0.6) is 5.75 Å². The SMILES string of the molecule is CC(C)NCc1nnc(-c2cc(O)ccc2Cl)o1. The van der Waals surface area contributed by atoms with Crippen molar-refractivity contribution < 1.29 is 9.52 Å². The van der Waals surface area contributed by atoms with Crippen LogP contribution >= 0.6 is 11.6 Å². The zero-order valence-electron chi connectivity index (χ0n) is 10.1. The lowest BCUT2D eigenvalue weighted by Gasteiger charge is -2.03. The molecule has 5 nitrogen and oxygen atoms in total. The summed E-state index contributed by atoms with van der Waals surface area (Å²) in [5.74, 6) is 0.893. The number of aromatic hydroxyl groups is 1. The highest BCUT2D eigenvalue weighted by atomic mass is 35.5. The van der Waals surface area contributed by atoms with Crippen LogP contribution in [0.1, 0.15) is 19.7 Å². The zero-order valence-corrected chi connectivity index (χ0v) is 10.9. The largest absolute Gasteiger partial charge is 0.508 e. The molecule has 0 bridgehead atoms. The van der Waals surface area contributed by atoms with E-state index in [4.69, 9.17) is 16.0 Å². The quantitative estimate of drug-likeness (QED) is 0.891. The molecule has 0 fully saturated rings. The Hall–Kier alpha value is -1.59. The minimum Gasteiger partial charge on any atom is -0.508 e. The Labute approximate surface area is 110 Å². The number of nitrogens with zero attached hydrogens (tertiary/aromatic N) is 2. The van der Waals surface area contributed by atoms with E-state index in [1.54, 1.807) is 6.07 Å². The maximum absolute atomic E-state index is 9.42. The van der Waals surface area contributed by atoms with Gasteiger partial charge in [-0.25, -0.2) is 0 Å². The molecule has 0 unspecified atom stereocenters. The van der Waals surface area contributed by atoms with Crippen molar-refractivity contribution in [3.8, 4) is 17.2 Å². The molecule has 18 heavy (non-hydrogen) atoms. The first kappa shape index (κ1) is 12.9. The lowest BCUT2D eigenvalue weighted by atomic mass is 10.2. The zero-order chi connectivity index (χ0) is 13.1. The fraction of sp³-hybridized carbons (Fsp3) is 0.333. The van der Waals surface area contributed by atoms with Gasteiger partial charge < -0.3 is 14.8 Å². The number of benzene rings is 1. The lowest BCUT2D eigenvalue weighted by Crippen LogP contribution is -2.21. The molecule has 1 aromatic heterocycles. The predicted molar refractivity (Wildman–Crippen MR) is 68.4 cm³/mol. The molecule has 0 aliphatic rings. The average Bonchev–Trinajstić information content (AvgIpc) is 2.78. The van der Waals surface area contributed by atoms with Crippen LogP contribution in [0, 0.1) is 0 Å². The number of halogens is 1. The van der Waals surface area contributed by atoms with Gasteiger partial charge in [0.25, 0.3) is 0 Å². The second-order valence-electron chi connectivity index (χ2n) is 4.20. The molecule has 0 saturated carbocycles. The number of hydrogen-bond acceptors (Lipinski definition) is 5. The van der Waals surface area contributed by atoms with E-state index in [-0.39, 0.29) is 5.75 Å². The van der Waals surface area contributed by atoms with Crippen LogP contribution in [0.2, 0.25) is 5.02 Å². The maximum Gasteiger partial charge on any atom is 0.249 e. The van der Waals surface area contributed by atoms with Gasteiger partial charge in [-0.1, -0.05) is 25.4 Å². The molecule has 0 atom stereocenters. The van der Waals surface area contributed by atoms with Crippen molar-refractivity contribution in [2.75, 3.05) is 0 Å². The molecule has 2 N–H and O–H groups in total. The third-order valence-corrected chi connectivity index (χ3v) is 2.64. The normalized spacial score (nSPS) is 11.1. The summed E-state index contributed by atoms with van der Waals surface area (Å²) in [7, 11) is 0. The summed E-state index contributed by atoms with van der Waals surface area (Å²) in [5, 5.41) is 20.9. The monoisotopic (exact) mass is 267 g/mol. The molecular formula is C12H14ClN3O2. The molecule has 1 aromatic carbocycles. The number of phenols is 1. The highest BCUT2D eigenvalue weighted by Crippen LogP contribution is 2.29. The molecule has 2 rings (SSSR count). The molecule has 2 aromatic rings. The minimum absolute atomic E-state index is 0.106. The van der Waals surface area contributed by atoms with Crippen molar-refractivity contribution in [3.05, 3.63) is 29.1 Å². The van der Waals surface area contributed by atoms with Gasteiger partial charge in [-0.05, 0) is 18.2 Å². The lowest BCUT2D eigenvalue weighted by molar-refractivity contribution is 0.457. The summed E-state index contributed by atoms with van der Waals surface area (Å²) >= 11 is 6.01. The van der Waals surface area contributed by atoms with E-state index in [0.29, 0.717) is 35.0 Å². The molecule has 0 spiro atoms. The number of hydrogen-bond donors (Lipinski definition) is 2. The third-order valence-electron chi connectivity index (χ3n) is 2.31. The first-order valence-corrected chi connectivity index (χ1v) is 5.98. The number of rotatable bonds is 4. The number of phenolic OH excluding ortho intramolecular Hbond substituents is 1. The topological polar surface area (TPSA) is 71.2 Å². The van der Waals surface area contributed by atoms with Crippen LogP contribution in [-0.2, 0) is 6.54 Å². The Morgan fingerprint density at radius 3 is 2.89 bits per heavy atom. The van der Waals surface area contributed by atoms with E-state index < -0.39 is 0 Å². The maximum atomic E-state index is 9.42. The molecule has 0 aliphatic carbocycles. The smallest absolute Gasteiger partial charge is 0.249 e. The minimum atomic E-state index is 0.106. The van der Waals surface area contributed by atoms with Crippen LogP contribution in [0.4, 0.5) is 0 Å². The van der Waals surface area contributed by atoms with E-state index in [1.807, 2.05) is 13.8 Å². The van der Waals surface area contributed by atoms with Crippen LogP contribution < -0.4 is 5.32 Å². The summed E-state index contributed by atoms with van der Waals surface area (Å²) in [5.41, 5.74) is 0.528.